The minimum absolute atomic E-state index is 0.354. The van der Waals surface area contributed by atoms with Crippen molar-refractivity contribution in [2.45, 2.75) is 32.4 Å². The lowest BCUT2D eigenvalue weighted by molar-refractivity contribution is 0.364. The Hall–Kier alpha value is -1.65. The van der Waals surface area contributed by atoms with Crippen molar-refractivity contribution in [3.63, 3.8) is 0 Å². The third-order valence-electron chi connectivity index (χ3n) is 3.41. The van der Waals surface area contributed by atoms with Crippen molar-refractivity contribution >= 4 is 11.5 Å². The molecular formula is C13H17FN4. The van der Waals surface area contributed by atoms with Crippen molar-refractivity contribution in [1.29, 1.82) is 0 Å². The number of anilines is 1. The van der Waals surface area contributed by atoms with Gasteiger partial charge in [-0.15, -0.1) is 0 Å². The number of hydrogen-bond acceptors (Lipinski definition) is 3. The molecule has 0 radical (unpaired) electrons. The molecule has 1 atom stereocenters. The summed E-state index contributed by atoms with van der Waals surface area (Å²) in [6, 6.07) is 3.92. The summed E-state index contributed by atoms with van der Waals surface area (Å²) in [6.45, 7) is 5.43. The quantitative estimate of drug-likeness (QED) is 0.818. The lowest BCUT2D eigenvalue weighted by Gasteiger charge is -2.20. The molecule has 1 fully saturated rings. The van der Waals surface area contributed by atoms with Gasteiger partial charge in [0.15, 0.2) is 5.65 Å². The molecule has 1 aliphatic rings. The summed E-state index contributed by atoms with van der Waals surface area (Å²) in [7, 11) is 0. The molecule has 0 aromatic carbocycles. The first-order valence-corrected chi connectivity index (χ1v) is 6.39. The molecule has 4 nitrogen and oxygen atoms in total. The molecule has 0 amide bonds. The monoisotopic (exact) mass is 248 g/mol. The minimum Gasteiger partial charge on any atom is -0.353 e. The van der Waals surface area contributed by atoms with Crippen LogP contribution in [0, 0.1) is 0 Å². The van der Waals surface area contributed by atoms with Crippen LogP contribution in [0.2, 0.25) is 0 Å². The number of nitrogens with zero attached hydrogens (tertiary/aromatic N) is 4. The Morgan fingerprint density at radius 1 is 1.44 bits per heavy atom. The SMILES string of the molecule is CC(C)c1cc(N2CC[C@H](F)C2)n2nccc2n1. The molecule has 0 unspecified atom stereocenters. The predicted molar refractivity (Wildman–Crippen MR) is 68.8 cm³/mol. The largest absolute Gasteiger partial charge is 0.353 e. The number of alkyl halides is 1. The van der Waals surface area contributed by atoms with Gasteiger partial charge in [0.1, 0.15) is 12.0 Å². The lowest BCUT2D eigenvalue weighted by Crippen LogP contribution is -2.23. The van der Waals surface area contributed by atoms with E-state index in [1.165, 1.54) is 0 Å². The van der Waals surface area contributed by atoms with Gasteiger partial charge in [-0.05, 0) is 12.3 Å². The Bertz CT molecular complexity index is 563. The number of fused-ring (bicyclic) bond motifs is 1. The molecule has 3 rings (SSSR count). The third-order valence-corrected chi connectivity index (χ3v) is 3.41. The van der Waals surface area contributed by atoms with Crippen molar-refractivity contribution in [3.05, 3.63) is 24.0 Å². The number of rotatable bonds is 2. The van der Waals surface area contributed by atoms with E-state index in [9.17, 15) is 4.39 Å². The fraction of sp³-hybridized carbons (Fsp3) is 0.538. The molecule has 0 N–H and O–H groups in total. The van der Waals surface area contributed by atoms with E-state index in [0.29, 0.717) is 18.9 Å². The van der Waals surface area contributed by atoms with Crippen molar-refractivity contribution in [2.24, 2.45) is 0 Å². The Morgan fingerprint density at radius 3 is 2.94 bits per heavy atom. The smallest absolute Gasteiger partial charge is 0.157 e. The molecule has 18 heavy (non-hydrogen) atoms. The third kappa shape index (κ3) is 1.83. The van der Waals surface area contributed by atoms with E-state index in [1.54, 1.807) is 10.7 Å². The van der Waals surface area contributed by atoms with Gasteiger partial charge in [-0.1, -0.05) is 13.8 Å². The highest BCUT2D eigenvalue weighted by Gasteiger charge is 2.24. The summed E-state index contributed by atoms with van der Waals surface area (Å²) < 4.78 is 15.2. The topological polar surface area (TPSA) is 33.4 Å². The Labute approximate surface area is 105 Å². The lowest BCUT2D eigenvalue weighted by atomic mass is 10.1. The average Bonchev–Trinajstić information content (AvgIpc) is 2.95. The number of halogens is 1. The number of hydrogen-bond donors (Lipinski definition) is 0. The van der Waals surface area contributed by atoms with Gasteiger partial charge in [-0.25, -0.2) is 9.37 Å². The van der Waals surface area contributed by atoms with Gasteiger partial charge < -0.3 is 4.90 Å². The van der Waals surface area contributed by atoms with Crippen LogP contribution in [-0.4, -0.2) is 33.9 Å². The Kier molecular flexibility index (Phi) is 2.69. The van der Waals surface area contributed by atoms with Crippen LogP contribution in [0.15, 0.2) is 18.3 Å². The highest BCUT2D eigenvalue weighted by Crippen LogP contribution is 2.25. The van der Waals surface area contributed by atoms with Gasteiger partial charge in [0, 0.05) is 24.4 Å². The zero-order chi connectivity index (χ0) is 12.7. The molecule has 0 spiro atoms. The second-order valence-electron chi connectivity index (χ2n) is 5.13. The molecule has 0 saturated carbocycles. The van der Waals surface area contributed by atoms with Gasteiger partial charge in [0.25, 0.3) is 0 Å². The summed E-state index contributed by atoms with van der Waals surface area (Å²) in [5.74, 6) is 1.31. The van der Waals surface area contributed by atoms with Gasteiger partial charge in [-0.2, -0.15) is 9.61 Å². The Morgan fingerprint density at radius 2 is 2.28 bits per heavy atom. The van der Waals surface area contributed by atoms with Gasteiger partial charge in [0.05, 0.1) is 12.7 Å². The molecule has 2 aromatic heterocycles. The highest BCUT2D eigenvalue weighted by atomic mass is 19.1. The van der Waals surface area contributed by atoms with Crippen LogP contribution in [0.25, 0.3) is 5.65 Å². The molecule has 1 saturated heterocycles. The zero-order valence-electron chi connectivity index (χ0n) is 10.7. The summed E-state index contributed by atoms with van der Waals surface area (Å²) >= 11 is 0. The maximum atomic E-state index is 13.4. The number of aromatic nitrogens is 3. The normalized spacial score (nSPS) is 20.2. The van der Waals surface area contributed by atoms with E-state index < -0.39 is 6.17 Å². The summed E-state index contributed by atoms with van der Waals surface area (Å²) in [5, 5.41) is 4.28. The molecule has 3 heterocycles. The van der Waals surface area contributed by atoms with E-state index in [2.05, 4.69) is 28.8 Å². The molecule has 2 aromatic rings. The first kappa shape index (κ1) is 11.4. The summed E-state index contributed by atoms with van der Waals surface area (Å²) in [4.78, 5) is 6.62. The van der Waals surface area contributed by atoms with Crippen molar-refractivity contribution in [3.8, 4) is 0 Å². The molecule has 0 bridgehead atoms. The van der Waals surface area contributed by atoms with Crippen molar-refractivity contribution in [1.82, 2.24) is 14.6 Å². The molecular weight excluding hydrogens is 231 g/mol. The van der Waals surface area contributed by atoms with E-state index in [-0.39, 0.29) is 0 Å². The maximum absolute atomic E-state index is 13.4. The van der Waals surface area contributed by atoms with Gasteiger partial charge in [0.2, 0.25) is 0 Å². The zero-order valence-corrected chi connectivity index (χ0v) is 10.7. The summed E-state index contributed by atoms with van der Waals surface area (Å²) in [6.07, 6.45) is 1.60. The molecule has 96 valence electrons. The van der Waals surface area contributed by atoms with Crippen LogP contribution in [0.1, 0.15) is 31.9 Å². The maximum Gasteiger partial charge on any atom is 0.157 e. The molecule has 1 aliphatic heterocycles. The van der Waals surface area contributed by atoms with Crippen LogP contribution in [0.4, 0.5) is 10.2 Å². The summed E-state index contributed by atoms with van der Waals surface area (Å²) in [5.41, 5.74) is 1.86. The second-order valence-corrected chi connectivity index (χ2v) is 5.13. The van der Waals surface area contributed by atoms with Crippen LogP contribution in [0.5, 0.6) is 0 Å². The van der Waals surface area contributed by atoms with Crippen LogP contribution < -0.4 is 4.90 Å². The van der Waals surface area contributed by atoms with Crippen molar-refractivity contribution in [2.75, 3.05) is 18.0 Å². The Balaban J connectivity index is 2.10. The van der Waals surface area contributed by atoms with Crippen molar-refractivity contribution < 1.29 is 4.39 Å². The highest BCUT2D eigenvalue weighted by molar-refractivity contribution is 5.52. The first-order chi connectivity index (χ1) is 8.65. The predicted octanol–water partition coefficient (Wildman–Crippen LogP) is 2.40. The van der Waals surface area contributed by atoms with Crippen LogP contribution in [0.3, 0.4) is 0 Å². The second kappa shape index (κ2) is 4.23. The first-order valence-electron chi connectivity index (χ1n) is 6.39. The van der Waals surface area contributed by atoms with E-state index in [0.717, 1.165) is 23.7 Å². The van der Waals surface area contributed by atoms with Gasteiger partial charge >= 0.3 is 0 Å². The van der Waals surface area contributed by atoms with E-state index in [1.807, 2.05) is 12.1 Å². The standard InChI is InChI=1S/C13H17FN4/c1-9(2)11-7-13(17-6-4-10(14)8-17)18-12(16-11)3-5-15-18/h3,5,7,9-10H,4,6,8H2,1-2H3/t10-/m0/s1. The average molecular weight is 248 g/mol. The fourth-order valence-electron chi connectivity index (χ4n) is 2.36. The van der Waals surface area contributed by atoms with Crippen LogP contribution >= 0.6 is 0 Å². The minimum atomic E-state index is -0.730. The molecule has 0 aliphatic carbocycles. The van der Waals surface area contributed by atoms with Gasteiger partial charge in [-0.3, -0.25) is 0 Å². The fourth-order valence-corrected chi connectivity index (χ4v) is 2.36. The van der Waals surface area contributed by atoms with E-state index in [4.69, 9.17) is 0 Å². The van der Waals surface area contributed by atoms with Crippen LogP contribution in [-0.2, 0) is 0 Å². The van der Waals surface area contributed by atoms with E-state index >= 15 is 0 Å². The molecule has 5 heteroatoms.